The van der Waals surface area contributed by atoms with E-state index in [4.69, 9.17) is 0 Å². The second-order valence-corrected chi connectivity index (χ2v) is 3.38. The third-order valence-corrected chi connectivity index (χ3v) is 2.56. The van der Waals surface area contributed by atoms with Gasteiger partial charge in [0.1, 0.15) is 0 Å². The Balaban J connectivity index is 2.81. The second-order valence-electron chi connectivity index (χ2n) is 3.38. The molecule has 0 saturated carbocycles. The normalized spacial score (nSPS) is 10.7. The summed E-state index contributed by atoms with van der Waals surface area (Å²) in [7, 11) is 0. The van der Waals surface area contributed by atoms with E-state index in [9.17, 15) is 0 Å². The van der Waals surface area contributed by atoms with E-state index in [-0.39, 0.29) is 0 Å². The molecule has 2 nitrogen and oxygen atoms in total. The first-order valence-electron chi connectivity index (χ1n) is 5.09. The fourth-order valence-corrected chi connectivity index (χ4v) is 1.83. The molecule has 1 aromatic carbocycles. The van der Waals surface area contributed by atoms with Crippen molar-refractivity contribution in [3.63, 3.8) is 0 Å². The van der Waals surface area contributed by atoms with Crippen LogP contribution >= 0.6 is 0 Å². The molecule has 0 N–H and O–H groups in total. The van der Waals surface area contributed by atoms with Crippen LogP contribution in [0.15, 0.2) is 24.4 Å². The quantitative estimate of drug-likeness (QED) is 0.720. The highest BCUT2D eigenvalue weighted by atomic mass is 15.1. The van der Waals surface area contributed by atoms with Gasteiger partial charge in [-0.25, -0.2) is 0 Å². The summed E-state index contributed by atoms with van der Waals surface area (Å²) in [6.45, 7) is 4.30. The molecule has 0 unspecified atom stereocenters. The smallest absolute Gasteiger partial charge is 0.0709 e. The Morgan fingerprint density at radius 1 is 1.14 bits per heavy atom. The van der Waals surface area contributed by atoms with E-state index in [1.165, 1.54) is 16.3 Å². The number of nitrogens with zero attached hydrogens (tertiary/aromatic N) is 2. The minimum absolute atomic E-state index is 0.946. The molecule has 0 bridgehead atoms. The van der Waals surface area contributed by atoms with Gasteiger partial charge in [0.15, 0.2) is 0 Å². The molecule has 0 fully saturated rings. The van der Waals surface area contributed by atoms with Crippen molar-refractivity contribution >= 4 is 10.8 Å². The number of aryl methyl sites for hydroxylation is 2. The lowest BCUT2D eigenvalue weighted by atomic mass is 10.0. The monoisotopic (exact) mass is 186 g/mol. The van der Waals surface area contributed by atoms with Gasteiger partial charge in [-0.3, -0.25) is 0 Å². The van der Waals surface area contributed by atoms with E-state index < -0.39 is 0 Å². The fourth-order valence-electron chi connectivity index (χ4n) is 1.83. The summed E-state index contributed by atoms with van der Waals surface area (Å²) in [4.78, 5) is 0. The minimum Gasteiger partial charge on any atom is -0.158 e. The van der Waals surface area contributed by atoms with Crippen LogP contribution in [-0.4, -0.2) is 10.2 Å². The molecule has 1 aromatic heterocycles. The Morgan fingerprint density at radius 2 is 2.00 bits per heavy atom. The predicted octanol–water partition coefficient (Wildman–Crippen LogP) is 2.75. The molecule has 1 heterocycles. The highest BCUT2D eigenvalue weighted by Gasteiger charge is 2.04. The zero-order chi connectivity index (χ0) is 9.97. The van der Waals surface area contributed by atoms with Gasteiger partial charge in [0.05, 0.1) is 11.9 Å². The Morgan fingerprint density at radius 3 is 2.71 bits per heavy atom. The number of fused-ring (bicyclic) bond motifs is 1. The van der Waals surface area contributed by atoms with Crippen LogP contribution in [0.4, 0.5) is 0 Å². The maximum Gasteiger partial charge on any atom is 0.0709 e. The molecule has 14 heavy (non-hydrogen) atoms. The van der Waals surface area contributed by atoms with Crippen LogP contribution < -0.4 is 0 Å². The number of aromatic nitrogens is 2. The number of rotatable bonds is 2. The maximum atomic E-state index is 4.18. The fraction of sp³-hybridized carbons (Fsp3) is 0.333. The molecule has 2 heteroatoms. The average molecular weight is 186 g/mol. The van der Waals surface area contributed by atoms with Crippen molar-refractivity contribution in [2.75, 3.05) is 0 Å². The molecule has 0 atom stereocenters. The molecule has 0 aliphatic heterocycles. The van der Waals surface area contributed by atoms with Crippen molar-refractivity contribution in [1.29, 1.82) is 0 Å². The van der Waals surface area contributed by atoms with Gasteiger partial charge in [-0.1, -0.05) is 32.0 Å². The van der Waals surface area contributed by atoms with Crippen molar-refractivity contribution in [3.05, 3.63) is 35.7 Å². The highest BCUT2D eigenvalue weighted by Crippen LogP contribution is 2.21. The van der Waals surface area contributed by atoms with Crippen LogP contribution in [0.25, 0.3) is 10.8 Å². The summed E-state index contributed by atoms with van der Waals surface area (Å²) in [6, 6.07) is 6.35. The van der Waals surface area contributed by atoms with Crippen molar-refractivity contribution in [3.8, 4) is 0 Å². The summed E-state index contributed by atoms with van der Waals surface area (Å²) in [5, 5.41) is 10.7. The summed E-state index contributed by atoms with van der Waals surface area (Å²) in [5.74, 6) is 0. The Kier molecular flexibility index (Phi) is 2.44. The predicted molar refractivity (Wildman–Crippen MR) is 58.3 cm³/mol. The van der Waals surface area contributed by atoms with Gasteiger partial charge in [-0.2, -0.15) is 10.2 Å². The maximum absolute atomic E-state index is 4.18. The minimum atomic E-state index is 0.946. The molecule has 2 rings (SSSR count). The van der Waals surface area contributed by atoms with Gasteiger partial charge in [-0.15, -0.1) is 0 Å². The molecular formula is C12H14N2. The lowest BCUT2D eigenvalue weighted by Gasteiger charge is -2.06. The Bertz CT molecular complexity index is 410. The van der Waals surface area contributed by atoms with Crippen LogP contribution in [0.5, 0.6) is 0 Å². The largest absolute Gasteiger partial charge is 0.158 e. The standard InChI is InChI=1S/C12H14N2/c1-3-9-6-5-7-10-8-13-14-11(4-2)12(9)10/h5-8H,3-4H2,1-2H3. The second kappa shape index (κ2) is 3.74. The third-order valence-electron chi connectivity index (χ3n) is 2.56. The summed E-state index contributed by atoms with van der Waals surface area (Å²) >= 11 is 0. The van der Waals surface area contributed by atoms with Gasteiger partial charge >= 0.3 is 0 Å². The summed E-state index contributed by atoms with van der Waals surface area (Å²) in [5.41, 5.74) is 2.48. The van der Waals surface area contributed by atoms with Gasteiger partial charge < -0.3 is 0 Å². The zero-order valence-electron chi connectivity index (χ0n) is 8.62. The van der Waals surface area contributed by atoms with Gasteiger partial charge in [0, 0.05) is 10.8 Å². The van der Waals surface area contributed by atoms with E-state index in [0.29, 0.717) is 0 Å². The van der Waals surface area contributed by atoms with Crippen molar-refractivity contribution in [2.45, 2.75) is 26.7 Å². The Labute approximate surface area is 84.0 Å². The van der Waals surface area contributed by atoms with Crippen molar-refractivity contribution in [1.82, 2.24) is 10.2 Å². The number of hydrogen-bond donors (Lipinski definition) is 0. The molecule has 0 spiro atoms. The molecule has 0 amide bonds. The first kappa shape index (κ1) is 9.13. The van der Waals surface area contributed by atoms with Crippen LogP contribution in [-0.2, 0) is 12.8 Å². The van der Waals surface area contributed by atoms with E-state index >= 15 is 0 Å². The molecule has 0 saturated heterocycles. The number of hydrogen-bond acceptors (Lipinski definition) is 2. The third kappa shape index (κ3) is 1.37. The SMILES string of the molecule is CCc1cccc2cnnc(CC)c12. The Hall–Kier alpha value is -1.44. The first-order chi connectivity index (χ1) is 6.86. The van der Waals surface area contributed by atoms with Crippen molar-refractivity contribution < 1.29 is 0 Å². The molecule has 0 aliphatic rings. The molecule has 72 valence electrons. The highest BCUT2D eigenvalue weighted by molar-refractivity contribution is 5.86. The van der Waals surface area contributed by atoms with Crippen LogP contribution in [0.3, 0.4) is 0 Å². The number of benzene rings is 1. The summed E-state index contributed by atoms with van der Waals surface area (Å²) < 4.78 is 0. The summed E-state index contributed by atoms with van der Waals surface area (Å²) in [6.07, 6.45) is 3.84. The van der Waals surface area contributed by atoms with Crippen molar-refractivity contribution in [2.24, 2.45) is 0 Å². The van der Waals surface area contributed by atoms with Gasteiger partial charge in [-0.05, 0) is 18.4 Å². The van der Waals surface area contributed by atoms with Crippen LogP contribution in [0.1, 0.15) is 25.1 Å². The lowest BCUT2D eigenvalue weighted by Crippen LogP contribution is -1.95. The van der Waals surface area contributed by atoms with Crippen LogP contribution in [0, 0.1) is 0 Å². The van der Waals surface area contributed by atoms with Crippen LogP contribution in [0.2, 0.25) is 0 Å². The molecular weight excluding hydrogens is 172 g/mol. The van der Waals surface area contributed by atoms with E-state index in [1.54, 1.807) is 0 Å². The zero-order valence-corrected chi connectivity index (χ0v) is 8.62. The average Bonchev–Trinajstić information content (AvgIpc) is 2.27. The van der Waals surface area contributed by atoms with E-state index in [2.05, 4.69) is 42.2 Å². The lowest BCUT2D eigenvalue weighted by molar-refractivity contribution is 0.935. The molecule has 0 aliphatic carbocycles. The molecule has 0 radical (unpaired) electrons. The van der Waals surface area contributed by atoms with Gasteiger partial charge in [0.2, 0.25) is 0 Å². The molecule has 2 aromatic rings. The first-order valence-corrected chi connectivity index (χ1v) is 5.09. The van der Waals surface area contributed by atoms with Gasteiger partial charge in [0.25, 0.3) is 0 Å². The topological polar surface area (TPSA) is 25.8 Å². The van der Waals surface area contributed by atoms with E-state index in [1.807, 2.05) is 6.20 Å². The van der Waals surface area contributed by atoms with E-state index in [0.717, 1.165) is 18.5 Å².